The number of pyridine rings is 1. The fraction of sp³-hybridized carbons (Fsp3) is 0. The number of fused-ring (bicyclic) bond motifs is 1. The standard InChI is InChI=1S/C13H6Cl2N4/c14-9-5-10-13(18-11(9)15)19-12(17-10)8-3-1-2-7(4-8)6-16/h1-5H,(H,17,18,19). The molecule has 2 aromatic heterocycles. The lowest BCUT2D eigenvalue weighted by atomic mass is 10.1. The van der Waals surface area contributed by atoms with Gasteiger partial charge in [0.25, 0.3) is 0 Å². The van der Waals surface area contributed by atoms with Crippen LogP contribution in [0.3, 0.4) is 0 Å². The van der Waals surface area contributed by atoms with Crippen LogP contribution in [0.2, 0.25) is 10.2 Å². The van der Waals surface area contributed by atoms with Crippen molar-refractivity contribution >= 4 is 34.4 Å². The monoisotopic (exact) mass is 288 g/mol. The van der Waals surface area contributed by atoms with E-state index in [2.05, 4.69) is 21.0 Å². The maximum atomic E-state index is 8.89. The minimum atomic E-state index is 0.220. The van der Waals surface area contributed by atoms with Crippen molar-refractivity contribution in [1.82, 2.24) is 15.0 Å². The number of hydrogen-bond donors (Lipinski definition) is 1. The van der Waals surface area contributed by atoms with Gasteiger partial charge in [-0.15, -0.1) is 0 Å². The molecule has 0 aliphatic heterocycles. The van der Waals surface area contributed by atoms with Gasteiger partial charge in [0.05, 0.1) is 22.2 Å². The molecule has 3 aromatic rings. The number of nitrogens with zero attached hydrogens (tertiary/aromatic N) is 3. The molecule has 0 saturated carbocycles. The molecule has 0 bridgehead atoms. The van der Waals surface area contributed by atoms with E-state index in [0.29, 0.717) is 27.6 Å². The lowest BCUT2D eigenvalue weighted by Gasteiger charge is -1.95. The highest BCUT2D eigenvalue weighted by molar-refractivity contribution is 6.41. The van der Waals surface area contributed by atoms with Crippen molar-refractivity contribution in [2.75, 3.05) is 0 Å². The Morgan fingerprint density at radius 2 is 2.00 bits per heavy atom. The number of aromatic amines is 1. The van der Waals surface area contributed by atoms with Gasteiger partial charge in [0.1, 0.15) is 11.0 Å². The van der Waals surface area contributed by atoms with Crippen LogP contribution in [0.15, 0.2) is 30.3 Å². The molecule has 6 heteroatoms. The molecular formula is C13H6Cl2N4. The van der Waals surface area contributed by atoms with Gasteiger partial charge < -0.3 is 4.98 Å². The predicted octanol–water partition coefficient (Wildman–Crippen LogP) is 3.80. The minimum absolute atomic E-state index is 0.220. The predicted molar refractivity (Wildman–Crippen MR) is 74.1 cm³/mol. The van der Waals surface area contributed by atoms with Gasteiger partial charge in [-0.3, -0.25) is 0 Å². The number of halogens is 2. The molecule has 4 nitrogen and oxygen atoms in total. The van der Waals surface area contributed by atoms with E-state index < -0.39 is 0 Å². The molecule has 0 spiro atoms. The van der Waals surface area contributed by atoms with Gasteiger partial charge in [-0.2, -0.15) is 5.26 Å². The third-order valence-electron chi connectivity index (χ3n) is 2.65. The first-order valence-corrected chi connectivity index (χ1v) is 6.15. The molecule has 0 atom stereocenters. The highest BCUT2D eigenvalue weighted by Gasteiger charge is 2.09. The molecule has 92 valence electrons. The summed E-state index contributed by atoms with van der Waals surface area (Å²) in [7, 11) is 0. The first kappa shape index (κ1) is 12.0. The van der Waals surface area contributed by atoms with E-state index in [1.54, 1.807) is 24.3 Å². The van der Waals surface area contributed by atoms with Crippen molar-refractivity contribution in [1.29, 1.82) is 5.26 Å². The third-order valence-corrected chi connectivity index (χ3v) is 3.32. The number of nitriles is 1. The summed E-state index contributed by atoms with van der Waals surface area (Å²) in [4.78, 5) is 11.5. The summed E-state index contributed by atoms with van der Waals surface area (Å²) < 4.78 is 0. The van der Waals surface area contributed by atoms with E-state index in [4.69, 9.17) is 28.5 Å². The Morgan fingerprint density at radius 1 is 1.16 bits per heavy atom. The molecule has 0 amide bonds. The van der Waals surface area contributed by atoms with Gasteiger partial charge in [0.15, 0.2) is 5.65 Å². The Balaban J connectivity index is 2.18. The fourth-order valence-corrected chi connectivity index (χ4v) is 2.05. The molecule has 0 fully saturated rings. The average molecular weight is 289 g/mol. The van der Waals surface area contributed by atoms with Crippen LogP contribution < -0.4 is 0 Å². The summed E-state index contributed by atoms with van der Waals surface area (Å²) >= 11 is 11.8. The number of imidazole rings is 1. The lowest BCUT2D eigenvalue weighted by Crippen LogP contribution is -1.82. The Hall–Kier alpha value is -2.09. The van der Waals surface area contributed by atoms with Gasteiger partial charge in [0, 0.05) is 5.56 Å². The zero-order valence-electron chi connectivity index (χ0n) is 9.48. The van der Waals surface area contributed by atoms with Crippen LogP contribution in [0.25, 0.3) is 22.6 Å². The second kappa shape index (κ2) is 4.54. The Bertz CT molecular complexity index is 778. The van der Waals surface area contributed by atoms with Gasteiger partial charge in [-0.05, 0) is 18.2 Å². The van der Waals surface area contributed by atoms with E-state index in [1.807, 2.05) is 6.07 Å². The van der Waals surface area contributed by atoms with Crippen molar-refractivity contribution in [3.63, 3.8) is 0 Å². The quantitative estimate of drug-likeness (QED) is 0.693. The summed E-state index contributed by atoms with van der Waals surface area (Å²) in [5.41, 5.74) is 2.57. The molecule has 0 aliphatic rings. The van der Waals surface area contributed by atoms with Crippen LogP contribution in [-0.4, -0.2) is 15.0 Å². The second-order valence-electron chi connectivity index (χ2n) is 3.91. The van der Waals surface area contributed by atoms with E-state index in [1.165, 1.54) is 0 Å². The van der Waals surface area contributed by atoms with Crippen molar-refractivity contribution in [2.45, 2.75) is 0 Å². The fourth-order valence-electron chi connectivity index (χ4n) is 1.77. The van der Waals surface area contributed by atoms with Crippen LogP contribution in [0, 0.1) is 11.3 Å². The molecule has 0 saturated heterocycles. The summed E-state index contributed by atoms with van der Waals surface area (Å²) in [6, 6.07) is 10.9. The van der Waals surface area contributed by atoms with Crippen molar-refractivity contribution in [3.8, 4) is 17.5 Å². The molecule has 19 heavy (non-hydrogen) atoms. The maximum absolute atomic E-state index is 8.89. The minimum Gasteiger partial charge on any atom is -0.337 e. The largest absolute Gasteiger partial charge is 0.337 e. The van der Waals surface area contributed by atoms with Crippen molar-refractivity contribution in [3.05, 3.63) is 46.1 Å². The topological polar surface area (TPSA) is 65.4 Å². The Labute approximate surface area is 118 Å². The average Bonchev–Trinajstić information content (AvgIpc) is 2.82. The first-order chi connectivity index (χ1) is 9.17. The SMILES string of the molecule is N#Cc1cccc(-c2nc3nc(Cl)c(Cl)cc3[nH]2)c1. The zero-order valence-corrected chi connectivity index (χ0v) is 11.0. The summed E-state index contributed by atoms with van der Waals surface area (Å²) in [6.45, 7) is 0. The number of H-pyrrole nitrogens is 1. The van der Waals surface area contributed by atoms with E-state index in [9.17, 15) is 0 Å². The number of benzene rings is 1. The molecular weight excluding hydrogens is 283 g/mol. The molecule has 1 N–H and O–H groups in total. The summed E-state index contributed by atoms with van der Waals surface area (Å²) in [5.74, 6) is 0.623. The Kier molecular flexibility index (Phi) is 2.86. The smallest absolute Gasteiger partial charge is 0.179 e. The number of hydrogen-bond acceptors (Lipinski definition) is 3. The van der Waals surface area contributed by atoms with E-state index >= 15 is 0 Å². The van der Waals surface area contributed by atoms with Crippen LogP contribution in [0.4, 0.5) is 0 Å². The van der Waals surface area contributed by atoms with Gasteiger partial charge >= 0.3 is 0 Å². The molecule has 0 unspecified atom stereocenters. The molecule has 0 radical (unpaired) electrons. The normalized spacial score (nSPS) is 10.6. The third kappa shape index (κ3) is 2.14. The molecule has 2 heterocycles. The van der Waals surface area contributed by atoms with E-state index in [0.717, 1.165) is 5.56 Å². The van der Waals surface area contributed by atoms with Gasteiger partial charge in [-0.25, -0.2) is 9.97 Å². The summed E-state index contributed by atoms with van der Waals surface area (Å²) in [6.07, 6.45) is 0. The van der Waals surface area contributed by atoms with Crippen LogP contribution >= 0.6 is 23.2 Å². The molecule has 1 aromatic carbocycles. The van der Waals surface area contributed by atoms with Gasteiger partial charge in [0.2, 0.25) is 0 Å². The van der Waals surface area contributed by atoms with Crippen LogP contribution in [-0.2, 0) is 0 Å². The van der Waals surface area contributed by atoms with Crippen LogP contribution in [0.1, 0.15) is 5.56 Å². The first-order valence-electron chi connectivity index (χ1n) is 5.39. The number of rotatable bonds is 1. The number of aromatic nitrogens is 3. The van der Waals surface area contributed by atoms with Crippen molar-refractivity contribution < 1.29 is 0 Å². The van der Waals surface area contributed by atoms with Crippen LogP contribution in [0.5, 0.6) is 0 Å². The summed E-state index contributed by atoms with van der Waals surface area (Å²) in [5, 5.41) is 9.48. The highest BCUT2D eigenvalue weighted by Crippen LogP contribution is 2.26. The molecule has 3 rings (SSSR count). The maximum Gasteiger partial charge on any atom is 0.179 e. The van der Waals surface area contributed by atoms with E-state index in [-0.39, 0.29) is 5.15 Å². The zero-order chi connectivity index (χ0) is 13.4. The van der Waals surface area contributed by atoms with Gasteiger partial charge in [-0.1, -0.05) is 35.3 Å². The lowest BCUT2D eigenvalue weighted by molar-refractivity contribution is 1.30. The number of nitrogens with one attached hydrogen (secondary N) is 1. The van der Waals surface area contributed by atoms with Crippen molar-refractivity contribution in [2.24, 2.45) is 0 Å². The molecule has 0 aliphatic carbocycles. The Morgan fingerprint density at radius 3 is 2.79 bits per heavy atom. The second-order valence-corrected chi connectivity index (χ2v) is 4.68. The highest BCUT2D eigenvalue weighted by atomic mass is 35.5.